The number of amides is 1. The third kappa shape index (κ3) is 3.71. The van der Waals surface area contributed by atoms with E-state index < -0.39 is 0 Å². The molecule has 2 aromatic rings. The van der Waals surface area contributed by atoms with Gasteiger partial charge in [0.25, 0.3) is 5.91 Å². The normalized spacial score (nSPS) is 14.5. The molecule has 1 amide bonds. The molecular weight excluding hydrogens is 304 g/mol. The van der Waals surface area contributed by atoms with Gasteiger partial charge in [-0.3, -0.25) is 4.79 Å². The second-order valence-electron chi connectivity index (χ2n) is 5.93. The zero-order chi connectivity index (χ0) is 16.9. The number of aryl methyl sites for hydroxylation is 1. The first-order valence-corrected chi connectivity index (χ1v) is 8.11. The lowest BCUT2D eigenvalue weighted by atomic mass is 10.1. The molecule has 0 atom stereocenters. The summed E-state index contributed by atoms with van der Waals surface area (Å²) in [6.07, 6.45) is 1.65. The van der Waals surface area contributed by atoms with E-state index in [2.05, 4.69) is 23.0 Å². The zero-order valence-corrected chi connectivity index (χ0v) is 14.1. The summed E-state index contributed by atoms with van der Waals surface area (Å²) in [6, 6.07) is 9.75. The highest BCUT2D eigenvalue weighted by Crippen LogP contribution is 2.14. The first-order valence-electron chi connectivity index (χ1n) is 8.11. The van der Waals surface area contributed by atoms with Gasteiger partial charge in [-0.05, 0) is 24.1 Å². The molecule has 1 saturated heterocycles. The first-order chi connectivity index (χ1) is 11.6. The van der Waals surface area contributed by atoms with Crippen molar-refractivity contribution in [2.24, 2.45) is 0 Å². The van der Waals surface area contributed by atoms with Crippen LogP contribution in [0.3, 0.4) is 0 Å². The fraction of sp³-hybridized carbons (Fsp3) is 0.389. The predicted molar refractivity (Wildman–Crippen MR) is 92.0 cm³/mol. The van der Waals surface area contributed by atoms with Crippen LogP contribution in [-0.2, 0) is 11.3 Å². The van der Waals surface area contributed by atoms with Crippen molar-refractivity contribution in [2.45, 2.75) is 13.5 Å². The van der Waals surface area contributed by atoms with Gasteiger partial charge >= 0.3 is 0 Å². The monoisotopic (exact) mass is 326 g/mol. The van der Waals surface area contributed by atoms with Gasteiger partial charge in [-0.25, -0.2) is 9.97 Å². The molecule has 6 nitrogen and oxygen atoms in total. The van der Waals surface area contributed by atoms with E-state index in [1.807, 2.05) is 23.1 Å². The molecule has 1 aliphatic rings. The summed E-state index contributed by atoms with van der Waals surface area (Å²) in [5, 5.41) is 0. The predicted octanol–water partition coefficient (Wildman–Crippen LogP) is 1.89. The van der Waals surface area contributed by atoms with Crippen molar-refractivity contribution in [3.8, 4) is 0 Å². The summed E-state index contributed by atoms with van der Waals surface area (Å²) in [7, 11) is 1.80. The third-order valence-electron chi connectivity index (χ3n) is 4.17. The molecule has 1 aliphatic heterocycles. The van der Waals surface area contributed by atoms with Gasteiger partial charge in [-0.1, -0.05) is 24.3 Å². The number of ether oxygens (including phenoxy) is 1. The molecule has 1 fully saturated rings. The van der Waals surface area contributed by atoms with Gasteiger partial charge in [0, 0.05) is 32.9 Å². The molecule has 0 saturated carbocycles. The molecule has 1 aromatic carbocycles. The largest absolute Gasteiger partial charge is 0.378 e. The minimum Gasteiger partial charge on any atom is -0.378 e. The highest BCUT2D eigenvalue weighted by molar-refractivity contribution is 5.92. The van der Waals surface area contributed by atoms with Crippen LogP contribution < -0.4 is 4.90 Å². The van der Waals surface area contributed by atoms with E-state index >= 15 is 0 Å². The molecule has 1 aromatic heterocycles. The van der Waals surface area contributed by atoms with Crippen molar-refractivity contribution in [1.29, 1.82) is 0 Å². The van der Waals surface area contributed by atoms with E-state index in [0.29, 0.717) is 31.4 Å². The lowest BCUT2D eigenvalue weighted by Crippen LogP contribution is -2.37. The first kappa shape index (κ1) is 16.4. The van der Waals surface area contributed by atoms with Crippen molar-refractivity contribution in [2.75, 3.05) is 38.3 Å². The summed E-state index contributed by atoms with van der Waals surface area (Å²) in [4.78, 5) is 25.2. The van der Waals surface area contributed by atoms with Gasteiger partial charge in [0.1, 0.15) is 5.69 Å². The molecule has 126 valence electrons. The lowest BCUT2D eigenvalue weighted by molar-refractivity contribution is 0.0779. The Morgan fingerprint density at radius 3 is 2.75 bits per heavy atom. The van der Waals surface area contributed by atoms with Crippen molar-refractivity contribution < 1.29 is 9.53 Å². The van der Waals surface area contributed by atoms with Gasteiger partial charge in [0.05, 0.1) is 13.2 Å². The highest BCUT2D eigenvalue weighted by atomic mass is 16.5. The van der Waals surface area contributed by atoms with Gasteiger partial charge < -0.3 is 14.5 Å². The van der Waals surface area contributed by atoms with Crippen molar-refractivity contribution in [1.82, 2.24) is 14.9 Å². The molecule has 3 rings (SSSR count). The molecule has 0 spiro atoms. The van der Waals surface area contributed by atoms with Crippen LogP contribution in [0.1, 0.15) is 21.6 Å². The van der Waals surface area contributed by atoms with Gasteiger partial charge in [-0.2, -0.15) is 0 Å². The molecule has 24 heavy (non-hydrogen) atoms. The Morgan fingerprint density at radius 2 is 2.00 bits per heavy atom. The van der Waals surface area contributed by atoms with Crippen molar-refractivity contribution in [3.63, 3.8) is 0 Å². The Bertz CT molecular complexity index is 714. The Morgan fingerprint density at radius 1 is 1.25 bits per heavy atom. The maximum absolute atomic E-state index is 12.7. The summed E-state index contributed by atoms with van der Waals surface area (Å²) in [5.74, 6) is 0.489. The topological polar surface area (TPSA) is 58.6 Å². The molecule has 0 N–H and O–H groups in total. The third-order valence-corrected chi connectivity index (χ3v) is 4.17. The number of rotatable bonds is 4. The molecule has 0 aliphatic carbocycles. The summed E-state index contributed by atoms with van der Waals surface area (Å²) in [6.45, 7) is 5.42. The van der Waals surface area contributed by atoms with Crippen LogP contribution >= 0.6 is 0 Å². The number of hydrogen-bond donors (Lipinski definition) is 0. The van der Waals surface area contributed by atoms with Gasteiger partial charge in [0.15, 0.2) is 0 Å². The molecular formula is C18H22N4O2. The minimum absolute atomic E-state index is 0.102. The average molecular weight is 326 g/mol. The van der Waals surface area contributed by atoms with Crippen LogP contribution in [0.4, 0.5) is 5.95 Å². The lowest BCUT2D eigenvalue weighted by Gasteiger charge is -2.27. The van der Waals surface area contributed by atoms with Crippen molar-refractivity contribution >= 4 is 11.9 Å². The highest BCUT2D eigenvalue weighted by Gasteiger charge is 2.18. The fourth-order valence-corrected chi connectivity index (χ4v) is 2.69. The Balaban J connectivity index is 1.73. The quantitative estimate of drug-likeness (QED) is 0.859. The number of morpholine rings is 1. The van der Waals surface area contributed by atoms with E-state index in [4.69, 9.17) is 4.74 Å². The second kappa shape index (κ2) is 7.40. The van der Waals surface area contributed by atoms with Gasteiger partial charge in [0.2, 0.25) is 5.95 Å². The fourth-order valence-electron chi connectivity index (χ4n) is 2.69. The molecule has 2 heterocycles. The number of benzene rings is 1. The molecule has 0 unspecified atom stereocenters. The number of carbonyl (C=O) groups is 1. The number of aromatic nitrogens is 2. The Labute approximate surface area is 142 Å². The van der Waals surface area contributed by atoms with E-state index in [1.54, 1.807) is 24.2 Å². The molecule has 0 bridgehead atoms. The summed E-state index contributed by atoms with van der Waals surface area (Å²) < 4.78 is 5.34. The smallest absolute Gasteiger partial charge is 0.272 e. The van der Waals surface area contributed by atoms with Crippen LogP contribution in [0.25, 0.3) is 0 Å². The average Bonchev–Trinajstić information content (AvgIpc) is 2.64. The van der Waals surface area contributed by atoms with E-state index in [-0.39, 0.29) is 5.91 Å². The number of anilines is 1. The number of carbonyl (C=O) groups excluding carboxylic acids is 1. The van der Waals surface area contributed by atoms with E-state index in [9.17, 15) is 4.79 Å². The number of nitrogens with zero attached hydrogens (tertiary/aromatic N) is 4. The van der Waals surface area contributed by atoms with Gasteiger partial charge in [-0.15, -0.1) is 0 Å². The standard InChI is InChI=1S/C18H22N4O2/c1-14-5-3-4-6-15(14)13-21(2)17(23)16-7-8-19-18(20-16)22-9-11-24-12-10-22/h3-8H,9-13H2,1-2H3. The van der Waals surface area contributed by atoms with E-state index in [0.717, 1.165) is 18.7 Å². The van der Waals surface area contributed by atoms with Crippen LogP contribution in [0, 0.1) is 6.92 Å². The SMILES string of the molecule is Cc1ccccc1CN(C)C(=O)c1ccnc(N2CCOCC2)n1. The maximum Gasteiger partial charge on any atom is 0.272 e. The number of hydrogen-bond acceptors (Lipinski definition) is 5. The Kier molecular flexibility index (Phi) is 5.05. The van der Waals surface area contributed by atoms with Crippen LogP contribution in [-0.4, -0.2) is 54.1 Å². The van der Waals surface area contributed by atoms with Crippen molar-refractivity contribution in [3.05, 3.63) is 53.3 Å². The minimum atomic E-state index is -0.102. The zero-order valence-electron chi connectivity index (χ0n) is 14.1. The Hall–Kier alpha value is -2.47. The van der Waals surface area contributed by atoms with Crippen LogP contribution in [0.2, 0.25) is 0 Å². The maximum atomic E-state index is 12.7. The summed E-state index contributed by atoms with van der Waals surface area (Å²) in [5.41, 5.74) is 2.73. The van der Waals surface area contributed by atoms with E-state index in [1.165, 1.54) is 5.56 Å². The van der Waals surface area contributed by atoms with Crippen LogP contribution in [0.15, 0.2) is 36.5 Å². The molecule has 0 radical (unpaired) electrons. The summed E-state index contributed by atoms with van der Waals surface area (Å²) >= 11 is 0. The van der Waals surface area contributed by atoms with Crippen LogP contribution in [0.5, 0.6) is 0 Å². The molecule has 6 heteroatoms. The second-order valence-corrected chi connectivity index (χ2v) is 5.93.